The van der Waals surface area contributed by atoms with E-state index in [4.69, 9.17) is 23.2 Å². The molecule has 1 spiro atoms. The second-order valence-corrected chi connectivity index (χ2v) is 11.7. The van der Waals surface area contributed by atoms with Gasteiger partial charge in [0.2, 0.25) is 11.8 Å². The van der Waals surface area contributed by atoms with Gasteiger partial charge in [0.05, 0.1) is 11.1 Å². The first kappa shape index (κ1) is 27.3. The highest BCUT2D eigenvalue weighted by molar-refractivity contribution is 6.31. The fourth-order valence-corrected chi connectivity index (χ4v) is 6.48. The Morgan fingerprint density at radius 2 is 1.72 bits per heavy atom. The van der Waals surface area contributed by atoms with Gasteiger partial charge in [-0.1, -0.05) is 55.2 Å². The molecule has 0 unspecified atom stereocenters. The van der Waals surface area contributed by atoms with Crippen molar-refractivity contribution in [2.75, 3.05) is 10.6 Å². The number of benzene rings is 3. The number of ketones is 1. The van der Waals surface area contributed by atoms with E-state index in [1.165, 1.54) is 6.07 Å². The van der Waals surface area contributed by atoms with Gasteiger partial charge in [0.25, 0.3) is 0 Å². The molecule has 1 fully saturated rings. The Morgan fingerprint density at radius 1 is 1.03 bits per heavy atom. The molecule has 9 heteroatoms. The van der Waals surface area contributed by atoms with Gasteiger partial charge in [0, 0.05) is 39.3 Å². The van der Waals surface area contributed by atoms with Crippen molar-refractivity contribution in [2.45, 2.75) is 50.6 Å². The van der Waals surface area contributed by atoms with Crippen molar-refractivity contribution in [2.24, 2.45) is 5.92 Å². The minimum absolute atomic E-state index is 0.00321. The number of rotatable bonds is 5. The third kappa shape index (κ3) is 4.24. The zero-order valence-corrected chi connectivity index (χ0v) is 23.4. The van der Waals surface area contributed by atoms with E-state index in [0.717, 1.165) is 0 Å². The van der Waals surface area contributed by atoms with Crippen LogP contribution in [0.2, 0.25) is 10.0 Å². The summed E-state index contributed by atoms with van der Waals surface area (Å²) in [4.78, 5) is 40.1. The number of hydrogen-bond acceptors (Lipinski definition) is 4. The number of carbonyl (C=O) groups is 3. The van der Waals surface area contributed by atoms with Crippen molar-refractivity contribution in [1.82, 2.24) is 5.32 Å². The molecule has 0 aliphatic carbocycles. The number of anilines is 2. The van der Waals surface area contributed by atoms with Crippen molar-refractivity contribution in [3.63, 3.8) is 0 Å². The van der Waals surface area contributed by atoms with Crippen molar-refractivity contribution in [1.29, 1.82) is 0 Å². The highest BCUT2D eigenvalue weighted by Gasteiger charge is 2.69. The Kier molecular flexibility index (Phi) is 6.82. The molecule has 202 valence electrons. The summed E-state index contributed by atoms with van der Waals surface area (Å²) in [5.41, 5.74) is -0.0735. The maximum absolute atomic E-state index is 15.7. The number of fused-ring (bicyclic) bond motifs is 2. The van der Waals surface area contributed by atoms with Crippen LogP contribution >= 0.6 is 23.2 Å². The summed E-state index contributed by atoms with van der Waals surface area (Å²) in [6.45, 7) is 7.29. The van der Waals surface area contributed by atoms with Crippen LogP contribution < -0.4 is 16.0 Å². The predicted octanol–water partition coefficient (Wildman–Crippen LogP) is 6.33. The Labute approximate surface area is 236 Å². The maximum Gasteiger partial charge on any atom is 0.242 e. The fourth-order valence-electron chi connectivity index (χ4n) is 6.12. The lowest BCUT2D eigenvalue weighted by molar-refractivity contribution is -0.123. The van der Waals surface area contributed by atoms with Gasteiger partial charge in [-0.3, -0.25) is 19.7 Å². The van der Waals surface area contributed by atoms with E-state index in [-0.39, 0.29) is 28.2 Å². The maximum atomic E-state index is 15.7. The molecule has 0 radical (unpaired) electrons. The Balaban J connectivity index is 1.62. The topological polar surface area (TPSA) is 87.3 Å². The van der Waals surface area contributed by atoms with Gasteiger partial charge in [-0.2, -0.15) is 0 Å². The summed E-state index contributed by atoms with van der Waals surface area (Å²) in [5.74, 6) is -2.63. The smallest absolute Gasteiger partial charge is 0.242 e. The van der Waals surface area contributed by atoms with Crippen molar-refractivity contribution >= 4 is 52.2 Å². The molecule has 3 aromatic rings. The normalized spacial score (nSPS) is 23.1. The van der Waals surface area contributed by atoms with E-state index < -0.39 is 34.6 Å². The summed E-state index contributed by atoms with van der Waals surface area (Å²) >= 11 is 12.4. The Morgan fingerprint density at radius 3 is 2.38 bits per heavy atom. The number of amides is 2. The molecular formula is C30H28Cl2FN3O3. The van der Waals surface area contributed by atoms with Gasteiger partial charge in [0.15, 0.2) is 5.78 Å². The molecule has 0 aromatic heterocycles. The zero-order valence-electron chi connectivity index (χ0n) is 21.9. The average molecular weight is 568 g/mol. The summed E-state index contributed by atoms with van der Waals surface area (Å²) < 4.78 is 15.7. The molecule has 3 aromatic carbocycles. The third-order valence-corrected chi connectivity index (χ3v) is 8.40. The molecule has 0 bridgehead atoms. The van der Waals surface area contributed by atoms with Gasteiger partial charge in [-0.25, -0.2) is 4.39 Å². The summed E-state index contributed by atoms with van der Waals surface area (Å²) in [5, 5.41) is 9.47. The number of Topliss-reactive ketones (excluding diaryl/α,β-unsaturated/α-hetero) is 1. The second-order valence-electron chi connectivity index (χ2n) is 10.9. The lowest BCUT2D eigenvalue weighted by atomic mass is 9.60. The molecule has 2 aliphatic rings. The minimum atomic E-state index is -1.37. The molecule has 2 heterocycles. The lowest BCUT2D eigenvalue weighted by Gasteiger charge is -2.40. The van der Waals surface area contributed by atoms with Crippen molar-refractivity contribution in [3.8, 4) is 0 Å². The molecular weight excluding hydrogens is 540 g/mol. The van der Waals surface area contributed by atoms with Crippen LogP contribution in [0.5, 0.6) is 0 Å². The first-order valence-corrected chi connectivity index (χ1v) is 13.4. The quantitative estimate of drug-likeness (QED) is 0.314. The van der Waals surface area contributed by atoms with E-state index in [9.17, 15) is 14.4 Å². The monoisotopic (exact) mass is 567 g/mol. The van der Waals surface area contributed by atoms with Crippen LogP contribution in [0.1, 0.15) is 55.1 Å². The first-order valence-electron chi connectivity index (χ1n) is 12.7. The molecule has 3 atom stereocenters. The van der Waals surface area contributed by atoms with Crippen LogP contribution in [-0.2, 0) is 15.0 Å². The van der Waals surface area contributed by atoms with Crippen LogP contribution in [0.3, 0.4) is 0 Å². The van der Waals surface area contributed by atoms with Gasteiger partial charge in [-0.05, 0) is 67.4 Å². The van der Waals surface area contributed by atoms with Crippen LogP contribution in [0.15, 0.2) is 60.7 Å². The van der Waals surface area contributed by atoms with Crippen LogP contribution in [0, 0.1) is 11.7 Å². The Hall–Kier alpha value is -3.26. The highest BCUT2D eigenvalue weighted by Crippen LogP contribution is 2.59. The summed E-state index contributed by atoms with van der Waals surface area (Å²) in [6, 6.07) is 15.3. The molecule has 6 nitrogen and oxygen atoms in total. The van der Waals surface area contributed by atoms with Crippen LogP contribution in [0.25, 0.3) is 0 Å². The molecule has 0 saturated carbocycles. The molecule has 2 aliphatic heterocycles. The van der Waals surface area contributed by atoms with Gasteiger partial charge in [0.1, 0.15) is 11.2 Å². The number of hydrogen-bond donors (Lipinski definition) is 3. The van der Waals surface area contributed by atoms with E-state index in [2.05, 4.69) is 16.0 Å². The molecule has 2 amide bonds. The summed E-state index contributed by atoms with van der Waals surface area (Å²) in [6.07, 6.45) is 0. The molecule has 39 heavy (non-hydrogen) atoms. The molecule has 3 N–H and O–H groups in total. The zero-order chi connectivity index (χ0) is 28.3. The molecule has 1 saturated heterocycles. The number of nitrogens with one attached hydrogen (secondary N) is 3. The fraction of sp³-hybridized carbons (Fsp3) is 0.300. The van der Waals surface area contributed by atoms with Crippen LogP contribution in [0.4, 0.5) is 15.8 Å². The SMILES string of the molecule is CC(C)C(=O)c1ccc(NC(=O)[C@@H]2NC(C)(C)[C@@]3(C(=O)Nc4cc(Cl)ccc43)[C@H]2c2cccc(Cl)c2F)cc1. The summed E-state index contributed by atoms with van der Waals surface area (Å²) in [7, 11) is 0. The Bertz CT molecular complexity index is 1510. The highest BCUT2D eigenvalue weighted by atomic mass is 35.5. The second kappa shape index (κ2) is 9.73. The largest absolute Gasteiger partial charge is 0.325 e. The minimum Gasteiger partial charge on any atom is -0.325 e. The van der Waals surface area contributed by atoms with Gasteiger partial charge < -0.3 is 10.6 Å². The first-order chi connectivity index (χ1) is 18.4. The van der Waals surface area contributed by atoms with E-state index >= 15 is 4.39 Å². The predicted molar refractivity (Wildman–Crippen MR) is 151 cm³/mol. The van der Waals surface area contributed by atoms with Crippen LogP contribution in [-0.4, -0.2) is 29.2 Å². The third-order valence-electron chi connectivity index (χ3n) is 7.88. The van der Waals surface area contributed by atoms with Gasteiger partial charge in [-0.15, -0.1) is 0 Å². The standard InChI is InChI=1S/C30H28Cl2FN3O3/c1-15(2)26(37)16-8-11-18(12-9-16)34-27(38)25-23(19-6-5-7-21(32)24(19)33)30(29(3,4)36-25)20-13-10-17(31)14-22(20)35-28(30)39/h5-15,23,25,36H,1-4H3,(H,34,38)(H,35,39)/t23-,25+,30+/m0/s1. The van der Waals surface area contributed by atoms with E-state index in [1.807, 2.05) is 27.7 Å². The molecule has 5 rings (SSSR count). The van der Waals surface area contributed by atoms with Gasteiger partial charge >= 0.3 is 0 Å². The van der Waals surface area contributed by atoms with Crippen molar-refractivity contribution < 1.29 is 18.8 Å². The lowest BCUT2D eigenvalue weighted by Crippen LogP contribution is -2.55. The van der Waals surface area contributed by atoms with Crippen molar-refractivity contribution in [3.05, 3.63) is 93.2 Å². The van der Waals surface area contributed by atoms with E-state index in [0.29, 0.717) is 27.5 Å². The number of halogens is 3. The van der Waals surface area contributed by atoms with E-state index in [1.54, 1.807) is 54.6 Å². The number of carbonyl (C=O) groups excluding carboxylic acids is 3. The average Bonchev–Trinajstić information content (AvgIpc) is 3.31.